The minimum atomic E-state index is -0.534. The summed E-state index contributed by atoms with van der Waals surface area (Å²) in [6.45, 7) is 0. The molecule has 1 spiro atoms. The van der Waals surface area contributed by atoms with E-state index in [1.165, 1.54) is 55.6 Å². The largest absolute Gasteiger partial charge is 0.456 e. The molecule has 0 atom stereocenters. The fraction of sp³-hybridized carbons (Fsp3) is 0.0175. The zero-order valence-corrected chi connectivity index (χ0v) is 32.2. The molecule has 0 aromatic heterocycles. The van der Waals surface area contributed by atoms with Crippen molar-refractivity contribution in [2.45, 2.75) is 5.41 Å². The SMILES string of the molecule is C1=Cc2ccccc2C2(c3ccccc31)c1ccccc1-c1ccc(N(c3ccc(-c4ccccc4)cc3)c3ccc4c(c3)-c3ccccc3-c3ccccc3O4)cc12. The molecule has 9 aromatic rings. The highest BCUT2D eigenvalue weighted by Gasteiger charge is 2.48. The molecule has 2 heteroatoms. The predicted molar refractivity (Wildman–Crippen MR) is 244 cm³/mol. The smallest absolute Gasteiger partial charge is 0.135 e. The molecule has 1 aliphatic heterocycles. The lowest BCUT2D eigenvalue weighted by molar-refractivity contribution is 0.488. The summed E-state index contributed by atoms with van der Waals surface area (Å²) in [5.41, 5.74) is 19.7. The molecule has 0 N–H and O–H groups in total. The number of hydrogen-bond acceptors (Lipinski definition) is 2. The Kier molecular flexibility index (Phi) is 7.48. The second-order valence-corrected chi connectivity index (χ2v) is 15.6. The zero-order chi connectivity index (χ0) is 38.9. The summed E-state index contributed by atoms with van der Waals surface area (Å²) in [5.74, 6) is 1.70. The van der Waals surface area contributed by atoms with Crippen molar-refractivity contribution in [1.29, 1.82) is 0 Å². The van der Waals surface area contributed by atoms with Gasteiger partial charge in [-0.15, -0.1) is 0 Å². The Morgan fingerprint density at radius 3 is 1.53 bits per heavy atom. The van der Waals surface area contributed by atoms with E-state index >= 15 is 0 Å². The van der Waals surface area contributed by atoms with Crippen molar-refractivity contribution in [3.8, 4) is 56.0 Å². The van der Waals surface area contributed by atoms with E-state index in [-0.39, 0.29) is 0 Å². The molecule has 2 aliphatic carbocycles. The van der Waals surface area contributed by atoms with E-state index in [4.69, 9.17) is 4.74 Å². The lowest BCUT2D eigenvalue weighted by Crippen LogP contribution is -2.30. The fourth-order valence-electron chi connectivity index (χ4n) is 9.97. The van der Waals surface area contributed by atoms with Crippen LogP contribution in [0.25, 0.3) is 56.7 Å². The number of benzene rings is 9. The van der Waals surface area contributed by atoms with Gasteiger partial charge in [0, 0.05) is 28.2 Å². The maximum Gasteiger partial charge on any atom is 0.135 e. The van der Waals surface area contributed by atoms with Crippen molar-refractivity contribution in [3.05, 3.63) is 246 Å². The van der Waals surface area contributed by atoms with Gasteiger partial charge in [-0.2, -0.15) is 0 Å². The zero-order valence-electron chi connectivity index (χ0n) is 32.2. The van der Waals surface area contributed by atoms with Gasteiger partial charge in [-0.1, -0.05) is 176 Å². The van der Waals surface area contributed by atoms with Gasteiger partial charge in [0.05, 0.1) is 5.41 Å². The third kappa shape index (κ3) is 5.06. The second kappa shape index (κ2) is 13.2. The summed E-state index contributed by atoms with van der Waals surface area (Å²) < 4.78 is 6.72. The first kappa shape index (κ1) is 33.5. The maximum absolute atomic E-state index is 6.72. The van der Waals surface area contributed by atoms with Crippen molar-refractivity contribution in [2.75, 3.05) is 4.90 Å². The van der Waals surface area contributed by atoms with Gasteiger partial charge in [0.25, 0.3) is 0 Å². The average Bonchev–Trinajstić information content (AvgIpc) is 3.40. The van der Waals surface area contributed by atoms with Crippen LogP contribution < -0.4 is 9.64 Å². The molecule has 0 radical (unpaired) electrons. The summed E-state index contributed by atoms with van der Waals surface area (Å²) in [6.07, 6.45) is 4.59. The summed E-state index contributed by atoms with van der Waals surface area (Å²) in [4.78, 5) is 2.42. The average molecular weight is 752 g/mol. The normalized spacial score (nSPS) is 13.3. The molecule has 0 saturated carbocycles. The van der Waals surface area contributed by atoms with Gasteiger partial charge in [0.1, 0.15) is 11.5 Å². The molecule has 2 nitrogen and oxygen atoms in total. The number of para-hydroxylation sites is 1. The summed E-state index contributed by atoms with van der Waals surface area (Å²) in [7, 11) is 0. The first-order valence-electron chi connectivity index (χ1n) is 20.3. The number of nitrogens with zero attached hydrogens (tertiary/aromatic N) is 1. The highest BCUT2D eigenvalue weighted by atomic mass is 16.5. The van der Waals surface area contributed by atoms with Crippen LogP contribution in [0.1, 0.15) is 33.4 Å². The third-order valence-corrected chi connectivity index (χ3v) is 12.5. The van der Waals surface area contributed by atoms with Crippen LogP contribution in [0.5, 0.6) is 11.5 Å². The van der Waals surface area contributed by atoms with Gasteiger partial charge in [-0.25, -0.2) is 0 Å². The van der Waals surface area contributed by atoms with E-state index in [0.717, 1.165) is 50.8 Å². The van der Waals surface area contributed by atoms with Gasteiger partial charge in [-0.05, 0) is 115 Å². The van der Waals surface area contributed by atoms with Crippen LogP contribution in [0.15, 0.2) is 212 Å². The standard InChI is InChI=1S/C57H37NO/c1-2-14-38(15-3-1)39-28-30-42(31-29-39)58(43-33-35-56-50(36-43)46-19-7-6-18-45(46)49-21-9-13-25-55(49)59-56)44-32-34-48-47-20-8-12-24-53(47)57(54(48)37-44)51-22-10-4-16-40(51)26-27-41-17-5-11-23-52(41)57/h1-37H. The van der Waals surface area contributed by atoms with Crippen molar-refractivity contribution >= 4 is 29.2 Å². The fourth-order valence-corrected chi connectivity index (χ4v) is 9.97. The van der Waals surface area contributed by atoms with Crippen LogP contribution in [-0.4, -0.2) is 0 Å². The molecule has 12 rings (SSSR count). The Balaban J connectivity index is 1.11. The van der Waals surface area contributed by atoms with Crippen molar-refractivity contribution in [3.63, 3.8) is 0 Å². The first-order chi connectivity index (χ1) is 29.3. The molecule has 276 valence electrons. The lowest BCUT2D eigenvalue weighted by atomic mass is 9.66. The summed E-state index contributed by atoms with van der Waals surface area (Å²) in [5, 5.41) is 0. The second-order valence-electron chi connectivity index (χ2n) is 15.6. The molecule has 0 amide bonds. The molecule has 3 aliphatic rings. The van der Waals surface area contributed by atoms with Crippen LogP contribution in [0.2, 0.25) is 0 Å². The number of hydrogen-bond donors (Lipinski definition) is 0. The highest BCUT2D eigenvalue weighted by Crippen LogP contribution is 2.59. The van der Waals surface area contributed by atoms with Crippen LogP contribution >= 0.6 is 0 Å². The van der Waals surface area contributed by atoms with Gasteiger partial charge >= 0.3 is 0 Å². The number of rotatable bonds is 4. The topological polar surface area (TPSA) is 12.5 Å². The van der Waals surface area contributed by atoms with E-state index in [1.54, 1.807) is 0 Å². The Bertz CT molecular complexity index is 3090. The molecule has 0 fully saturated rings. The minimum Gasteiger partial charge on any atom is -0.456 e. The van der Waals surface area contributed by atoms with Gasteiger partial charge < -0.3 is 9.64 Å². The Morgan fingerprint density at radius 2 is 0.797 bits per heavy atom. The molecule has 0 bridgehead atoms. The molecular formula is C57H37NO. The van der Waals surface area contributed by atoms with Crippen molar-refractivity contribution in [2.24, 2.45) is 0 Å². The molecule has 1 heterocycles. The first-order valence-corrected chi connectivity index (χ1v) is 20.3. The van der Waals surface area contributed by atoms with Crippen molar-refractivity contribution in [1.82, 2.24) is 0 Å². The Hall–Kier alpha value is -7.68. The van der Waals surface area contributed by atoms with Gasteiger partial charge in [-0.3, -0.25) is 0 Å². The Morgan fingerprint density at radius 1 is 0.305 bits per heavy atom. The van der Waals surface area contributed by atoms with E-state index in [1.807, 2.05) is 6.07 Å². The maximum atomic E-state index is 6.72. The monoisotopic (exact) mass is 751 g/mol. The molecule has 0 unspecified atom stereocenters. The lowest BCUT2D eigenvalue weighted by Gasteiger charge is -2.36. The van der Waals surface area contributed by atoms with Crippen LogP contribution in [0.4, 0.5) is 17.1 Å². The van der Waals surface area contributed by atoms with E-state index in [9.17, 15) is 0 Å². The van der Waals surface area contributed by atoms with E-state index in [2.05, 4.69) is 223 Å². The van der Waals surface area contributed by atoms with Crippen LogP contribution in [0.3, 0.4) is 0 Å². The van der Waals surface area contributed by atoms with Crippen LogP contribution in [0, 0.1) is 0 Å². The molecular weight excluding hydrogens is 715 g/mol. The number of fused-ring (bicyclic) bond motifs is 14. The highest BCUT2D eigenvalue weighted by molar-refractivity contribution is 5.95. The van der Waals surface area contributed by atoms with E-state index in [0.29, 0.717) is 0 Å². The number of ether oxygens (including phenoxy) is 1. The summed E-state index contributed by atoms with van der Waals surface area (Å²) in [6, 6.07) is 77.3. The van der Waals surface area contributed by atoms with Gasteiger partial charge in [0.15, 0.2) is 0 Å². The van der Waals surface area contributed by atoms with Crippen LogP contribution in [-0.2, 0) is 5.41 Å². The quantitative estimate of drug-likeness (QED) is 0.178. The predicted octanol–water partition coefficient (Wildman–Crippen LogP) is 15.1. The Labute approximate surface area is 344 Å². The van der Waals surface area contributed by atoms with Gasteiger partial charge in [0.2, 0.25) is 0 Å². The summed E-state index contributed by atoms with van der Waals surface area (Å²) >= 11 is 0. The molecule has 59 heavy (non-hydrogen) atoms. The van der Waals surface area contributed by atoms with Crippen molar-refractivity contribution < 1.29 is 4.74 Å². The van der Waals surface area contributed by atoms with E-state index < -0.39 is 5.41 Å². The molecule has 9 aromatic carbocycles. The minimum absolute atomic E-state index is 0.534. The molecule has 0 saturated heterocycles. The third-order valence-electron chi connectivity index (χ3n) is 12.5. The number of anilines is 3.